The van der Waals surface area contributed by atoms with Crippen molar-refractivity contribution >= 4 is 16.9 Å². The van der Waals surface area contributed by atoms with Gasteiger partial charge in [0, 0.05) is 5.97 Å². The summed E-state index contributed by atoms with van der Waals surface area (Å²) in [5.74, 6) is -0.365. The number of aliphatic carboxylic acids is 1. The summed E-state index contributed by atoms with van der Waals surface area (Å²) in [6.45, 7) is 0.866. The van der Waals surface area contributed by atoms with Gasteiger partial charge in [0.2, 0.25) is 0 Å². The molecule has 12 heavy (non-hydrogen) atoms. The molecule has 0 heterocycles. The standard InChI is InChI=1S/C5H13O2S.C2H4O2/c1-8(2)4-5(7)3-6;1-2(3)4/h5-7H,3-4H2,1-2H3;1H3,(H,3,4)/q+1;/p-1. The third kappa shape index (κ3) is 22.6. The van der Waals surface area contributed by atoms with Crippen molar-refractivity contribution in [2.24, 2.45) is 0 Å². The van der Waals surface area contributed by atoms with Gasteiger partial charge in [0.05, 0.1) is 19.1 Å². The van der Waals surface area contributed by atoms with Gasteiger partial charge < -0.3 is 20.1 Å². The Hall–Kier alpha value is -0.260. The number of aliphatic hydroxyl groups excluding tert-OH is 2. The molecule has 0 spiro atoms. The number of rotatable bonds is 3. The minimum atomic E-state index is -1.08. The van der Waals surface area contributed by atoms with Crippen LogP contribution in [0.25, 0.3) is 0 Å². The molecule has 0 fully saturated rings. The summed E-state index contributed by atoms with van der Waals surface area (Å²) in [7, 11) is 0.244. The van der Waals surface area contributed by atoms with Crippen molar-refractivity contribution < 1.29 is 20.1 Å². The van der Waals surface area contributed by atoms with Crippen LogP contribution in [0.2, 0.25) is 0 Å². The van der Waals surface area contributed by atoms with Gasteiger partial charge in [-0.25, -0.2) is 0 Å². The van der Waals surface area contributed by atoms with E-state index < -0.39 is 12.1 Å². The molecule has 0 aromatic rings. The molecule has 0 bridgehead atoms. The van der Waals surface area contributed by atoms with Crippen molar-refractivity contribution in [1.82, 2.24) is 0 Å². The highest BCUT2D eigenvalue weighted by Crippen LogP contribution is 1.88. The number of hydrogen-bond acceptors (Lipinski definition) is 4. The lowest BCUT2D eigenvalue weighted by molar-refractivity contribution is -0.302. The summed E-state index contributed by atoms with van der Waals surface area (Å²) in [6, 6.07) is 0. The topological polar surface area (TPSA) is 80.6 Å². The smallest absolute Gasteiger partial charge is 0.135 e. The van der Waals surface area contributed by atoms with Crippen LogP contribution in [0.15, 0.2) is 0 Å². The second kappa shape index (κ2) is 8.83. The van der Waals surface area contributed by atoms with Crippen molar-refractivity contribution in [1.29, 1.82) is 0 Å². The molecule has 0 rings (SSSR count). The molecule has 5 heteroatoms. The first-order valence-corrected chi connectivity index (χ1v) is 5.61. The summed E-state index contributed by atoms with van der Waals surface area (Å²) in [4.78, 5) is 8.89. The van der Waals surface area contributed by atoms with Crippen LogP contribution in [-0.2, 0) is 15.7 Å². The SMILES string of the molecule is CC(=O)[O-].C[S+](C)CC(O)CO. The van der Waals surface area contributed by atoms with Gasteiger partial charge in [0.15, 0.2) is 0 Å². The second-order valence-electron chi connectivity index (χ2n) is 2.48. The molecule has 1 atom stereocenters. The molecule has 0 aliphatic heterocycles. The molecular weight excluding hydrogens is 180 g/mol. The summed E-state index contributed by atoms with van der Waals surface area (Å²) in [6.07, 6.45) is 3.57. The largest absolute Gasteiger partial charge is 0.550 e. The summed E-state index contributed by atoms with van der Waals surface area (Å²) < 4.78 is 0. The van der Waals surface area contributed by atoms with Crippen LogP contribution in [-0.4, -0.2) is 47.2 Å². The normalized spacial score (nSPS) is 11.8. The van der Waals surface area contributed by atoms with E-state index in [0.29, 0.717) is 0 Å². The average Bonchev–Trinajstić information content (AvgIpc) is 1.84. The van der Waals surface area contributed by atoms with Gasteiger partial charge in [-0.3, -0.25) is 0 Å². The third-order valence-corrected chi connectivity index (χ3v) is 1.79. The Kier molecular flexibility index (Phi) is 10.5. The maximum Gasteiger partial charge on any atom is 0.135 e. The zero-order valence-electron chi connectivity index (χ0n) is 7.61. The molecule has 0 aromatic carbocycles. The zero-order chi connectivity index (χ0) is 10.1. The number of hydrogen-bond donors (Lipinski definition) is 2. The lowest BCUT2D eigenvalue weighted by atomic mass is 10.4. The number of carboxylic acid groups (broad SMARTS) is 1. The second-order valence-corrected chi connectivity index (χ2v) is 4.78. The molecule has 0 aromatic heterocycles. The van der Waals surface area contributed by atoms with Crippen LogP contribution < -0.4 is 5.11 Å². The van der Waals surface area contributed by atoms with Crippen LogP contribution in [0.1, 0.15) is 6.92 Å². The Balaban J connectivity index is 0. The first-order chi connectivity index (χ1) is 5.40. The minimum absolute atomic E-state index is 0.106. The van der Waals surface area contributed by atoms with E-state index in [2.05, 4.69) is 0 Å². The van der Waals surface area contributed by atoms with E-state index in [1.807, 2.05) is 12.5 Å². The molecule has 0 amide bonds. The molecule has 0 saturated carbocycles. The van der Waals surface area contributed by atoms with Gasteiger partial charge >= 0.3 is 0 Å². The number of carboxylic acids is 1. The maximum atomic E-state index is 8.89. The lowest BCUT2D eigenvalue weighted by Gasteiger charge is -2.01. The minimum Gasteiger partial charge on any atom is -0.550 e. The first kappa shape index (κ1) is 14.3. The highest BCUT2D eigenvalue weighted by atomic mass is 32.2. The monoisotopic (exact) mass is 196 g/mol. The third-order valence-electron chi connectivity index (χ3n) is 0.736. The molecule has 2 N–H and O–H groups in total. The Bertz CT molecular complexity index is 112. The van der Waals surface area contributed by atoms with Crippen molar-refractivity contribution in [2.75, 3.05) is 24.9 Å². The number of carbonyl (C=O) groups is 1. The molecule has 0 saturated heterocycles. The van der Waals surface area contributed by atoms with Crippen molar-refractivity contribution in [3.05, 3.63) is 0 Å². The van der Waals surface area contributed by atoms with E-state index in [9.17, 15) is 0 Å². The summed E-state index contributed by atoms with van der Waals surface area (Å²) in [5, 5.41) is 26.0. The van der Waals surface area contributed by atoms with Crippen LogP contribution >= 0.6 is 0 Å². The van der Waals surface area contributed by atoms with E-state index in [1.165, 1.54) is 0 Å². The summed E-state index contributed by atoms with van der Waals surface area (Å²) >= 11 is 0. The van der Waals surface area contributed by atoms with Crippen molar-refractivity contribution in [3.8, 4) is 0 Å². The quantitative estimate of drug-likeness (QED) is 0.510. The molecule has 74 valence electrons. The van der Waals surface area contributed by atoms with Crippen LogP contribution in [0.3, 0.4) is 0 Å². The van der Waals surface area contributed by atoms with Crippen molar-refractivity contribution in [3.63, 3.8) is 0 Å². The van der Waals surface area contributed by atoms with E-state index in [-0.39, 0.29) is 17.5 Å². The van der Waals surface area contributed by atoms with Crippen LogP contribution in [0, 0.1) is 0 Å². The fourth-order valence-corrected chi connectivity index (χ4v) is 1.31. The van der Waals surface area contributed by atoms with E-state index in [4.69, 9.17) is 20.1 Å². The Morgan fingerprint density at radius 3 is 2.00 bits per heavy atom. The molecule has 0 aliphatic rings. The van der Waals surface area contributed by atoms with E-state index in [0.717, 1.165) is 12.7 Å². The van der Waals surface area contributed by atoms with E-state index in [1.54, 1.807) is 0 Å². The predicted molar refractivity (Wildman–Crippen MR) is 47.9 cm³/mol. The predicted octanol–water partition coefficient (Wildman–Crippen LogP) is -2.03. The van der Waals surface area contributed by atoms with Crippen LogP contribution in [0.4, 0.5) is 0 Å². The first-order valence-electron chi connectivity index (χ1n) is 3.40. The molecular formula is C7H16O4S. The van der Waals surface area contributed by atoms with Gasteiger partial charge in [0.25, 0.3) is 0 Å². The fraction of sp³-hybridized carbons (Fsp3) is 0.857. The highest BCUT2D eigenvalue weighted by Gasteiger charge is 2.10. The zero-order valence-corrected chi connectivity index (χ0v) is 8.43. The van der Waals surface area contributed by atoms with Gasteiger partial charge in [-0.05, 0) is 17.8 Å². The van der Waals surface area contributed by atoms with Crippen LogP contribution in [0.5, 0.6) is 0 Å². The average molecular weight is 196 g/mol. The number of carbonyl (C=O) groups excluding carboxylic acids is 1. The number of aliphatic hydroxyl groups is 2. The fourth-order valence-electron chi connectivity index (χ4n) is 0.437. The van der Waals surface area contributed by atoms with Gasteiger partial charge in [0.1, 0.15) is 11.9 Å². The Morgan fingerprint density at radius 2 is 1.92 bits per heavy atom. The summed E-state index contributed by atoms with van der Waals surface area (Å²) in [5.41, 5.74) is 0. The highest BCUT2D eigenvalue weighted by molar-refractivity contribution is 7.95. The molecule has 0 radical (unpaired) electrons. The maximum absolute atomic E-state index is 8.89. The molecule has 0 aliphatic carbocycles. The molecule has 1 unspecified atom stereocenters. The van der Waals surface area contributed by atoms with Crippen molar-refractivity contribution in [2.45, 2.75) is 13.0 Å². The van der Waals surface area contributed by atoms with E-state index >= 15 is 0 Å². The van der Waals surface area contributed by atoms with Gasteiger partial charge in [-0.2, -0.15) is 0 Å². The van der Waals surface area contributed by atoms with Gasteiger partial charge in [-0.1, -0.05) is 0 Å². The Morgan fingerprint density at radius 1 is 1.58 bits per heavy atom. The Labute approximate surface area is 75.6 Å². The van der Waals surface area contributed by atoms with Gasteiger partial charge in [-0.15, -0.1) is 0 Å². The lowest BCUT2D eigenvalue weighted by Crippen LogP contribution is -2.22. The molecule has 4 nitrogen and oxygen atoms in total.